The van der Waals surface area contributed by atoms with E-state index < -0.39 is 0 Å². The lowest BCUT2D eigenvalue weighted by atomic mass is 10.2. The second kappa shape index (κ2) is 9.73. The number of guanidine groups is 1. The summed E-state index contributed by atoms with van der Waals surface area (Å²) in [7, 11) is 0. The molecule has 4 rings (SSSR count). The predicted molar refractivity (Wildman–Crippen MR) is 113 cm³/mol. The summed E-state index contributed by atoms with van der Waals surface area (Å²) in [4.78, 5) is 13.7. The van der Waals surface area contributed by atoms with E-state index in [0.29, 0.717) is 23.3 Å². The van der Waals surface area contributed by atoms with Crippen molar-refractivity contribution in [3.63, 3.8) is 0 Å². The number of nitrogens with one attached hydrogen (secondary N) is 1. The van der Waals surface area contributed by atoms with Crippen molar-refractivity contribution >= 4 is 17.6 Å². The topological polar surface area (TPSA) is 95.8 Å². The largest absolute Gasteiger partial charge is 0.364 e. The molecule has 9 nitrogen and oxygen atoms in total. The summed E-state index contributed by atoms with van der Waals surface area (Å²) < 4.78 is 10.3. The van der Waals surface area contributed by atoms with Gasteiger partial charge in [-0.2, -0.15) is 4.98 Å². The molecular formula is C20H24ClN7O2. The Kier molecular flexibility index (Phi) is 6.60. The van der Waals surface area contributed by atoms with Crippen LogP contribution in [0.3, 0.4) is 0 Å². The van der Waals surface area contributed by atoms with Crippen molar-refractivity contribution in [2.45, 2.75) is 20.0 Å². The first-order valence-electron chi connectivity index (χ1n) is 9.94. The van der Waals surface area contributed by atoms with Crippen molar-refractivity contribution in [1.82, 2.24) is 30.4 Å². The van der Waals surface area contributed by atoms with Crippen LogP contribution in [-0.4, -0.2) is 63.8 Å². The minimum absolute atomic E-state index is 0.315. The molecule has 0 aliphatic carbocycles. The van der Waals surface area contributed by atoms with Crippen LogP contribution in [0.25, 0.3) is 11.4 Å². The van der Waals surface area contributed by atoms with Crippen LogP contribution in [0.1, 0.15) is 18.5 Å². The first-order chi connectivity index (χ1) is 14.7. The van der Waals surface area contributed by atoms with Gasteiger partial charge in [-0.15, -0.1) is 0 Å². The van der Waals surface area contributed by atoms with Gasteiger partial charge in [0, 0.05) is 55.9 Å². The minimum Gasteiger partial charge on any atom is -0.364 e. The molecule has 1 aliphatic heterocycles. The summed E-state index contributed by atoms with van der Waals surface area (Å²) >= 11 is 6.04. The van der Waals surface area contributed by atoms with Gasteiger partial charge in [-0.3, -0.25) is 4.90 Å². The highest BCUT2D eigenvalue weighted by atomic mass is 35.5. The van der Waals surface area contributed by atoms with Crippen LogP contribution in [0, 0.1) is 0 Å². The van der Waals surface area contributed by atoms with E-state index in [0.717, 1.165) is 56.5 Å². The number of aliphatic imine (C=N–C) groups is 1. The summed E-state index contributed by atoms with van der Waals surface area (Å²) in [6, 6.07) is 9.27. The molecule has 1 fully saturated rings. The number of rotatable bonds is 6. The highest BCUT2D eigenvalue weighted by molar-refractivity contribution is 6.30. The van der Waals surface area contributed by atoms with Crippen LogP contribution < -0.4 is 5.32 Å². The van der Waals surface area contributed by atoms with Crippen LogP contribution in [0.4, 0.5) is 0 Å². The third-order valence-corrected chi connectivity index (χ3v) is 5.03. The van der Waals surface area contributed by atoms with Crippen LogP contribution >= 0.6 is 11.6 Å². The Morgan fingerprint density at radius 3 is 2.80 bits per heavy atom. The molecule has 0 atom stereocenters. The van der Waals surface area contributed by atoms with Crippen LogP contribution in [-0.2, 0) is 13.1 Å². The average Bonchev–Trinajstić information content (AvgIpc) is 3.44. The fraction of sp³-hybridized carbons (Fsp3) is 0.400. The number of benzene rings is 1. The molecule has 158 valence electrons. The van der Waals surface area contributed by atoms with E-state index in [1.165, 1.54) is 0 Å². The third kappa shape index (κ3) is 5.17. The van der Waals surface area contributed by atoms with Crippen molar-refractivity contribution < 1.29 is 9.05 Å². The molecule has 1 N–H and O–H groups in total. The molecule has 0 amide bonds. The Morgan fingerprint density at radius 1 is 1.20 bits per heavy atom. The second-order valence-corrected chi connectivity index (χ2v) is 7.38. The molecule has 10 heteroatoms. The molecular weight excluding hydrogens is 406 g/mol. The van der Waals surface area contributed by atoms with E-state index >= 15 is 0 Å². The van der Waals surface area contributed by atoms with E-state index in [1.54, 1.807) is 6.26 Å². The molecule has 1 saturated heterocycles. The molecule has 0 spiro atoms. The van der Waals surface area contributed by atoms with E-state index in [4.69, 9.17) is 25.6 Å². The summed E-state index contributed by atoms with van der Waals surface area (Å²) in [6.07, 6.45) is 1.61. The van der Waals surface area contributed by atoms with Crippen LogP contribution in [0.5, 0.6) is 0 Å². The molecule has 0 bridgehead atoms. The van der Waals surface area contributed by atoms with Gasteiger partial charge in [-0.1, -0.05) is 34.0 Å². The van der Waals surface area contributed by atoms with Gasteiger partial charge in [-0.05, 0) is 19.1 Å². The zero-order valence-electron chi connectivity index (χ0n) is 16.8. The first-order valence-corrected chi connectivity index (χ1v) is 10.3. The fourth-order valence-electron chi connectivity index (χ4n) is 3.30. The lowest BCUT2D eigenvalue weighted by Gasteiger charge is -2.36. The Balaban J connectivity index is 1.36. The average molecular weight is 430 g/mol. The first kappa shape index (κ1) is 20.4. The van der Waals surface area contributed by atoms with E-state index in [9.17, 15) is 0 Å². The van der Waals surface area contributed by atoms with E-state index in [-0.39, 0.29) is 0 Å². The Morgan fingerprint density at radius 2 is 2.07 bits per heavy atom. The SMILES string of the molecule is CCNC(=NCc1nc(-c2cccc(Cl)c2)no1)N1CCN(Cc2ccon2)CC1. The van der Waals surface area contributed by atoms with E-state index in [1.807, 2.05) is 30.3 Å². The monoisotopic (exact) mass is 429 g/mol. The zero-order valence-corrected chi connectivity index (χ0v) is 17.5. The summed E-state index contributed by atoms with van der Waals surface area (Å²) in [5.74, 6) is 1.82. The number of aromatic nitrogens is 3. The maximum Gasteiger partial charge on any atom is 0.248 e. The maximum absolute atomic E-state index is 6.04. The Hall–Kier alpha value is -2.91. The van der Waals surface area contributed by atoms with Gasteiger partial charge in [0.2, 0.25) is 11.7 Å². The molecule has 3 heterocycles. The van der Waals surface area contributed by atoms with Gasteiger partial charge in [0.15, 0.2) is 5.96 Å². The molecule has 1 aliphatic rings. The van der Waals surface area contributed by atoms with Crippen LogP contribution in [0.15, 0.2) is 50.6 Å². The highest BCUT2D eigenvalue weighted by Gasteiger charge is 2.20. The molecule has 1 aromatic carbocycles. The number of piperazine rings is 1. The van der Waals surface area contributed by atoms with E-state index in [2.05, 4.69) is 37.3 Å². The zero-order chi connectivity index (χ0) is 20.8. The number of hydrogen-bond acceptors (Lipinski definition) is 7. The number of nitrogens with zero attached hydrogens (tertiary/aromatic N) is 6. The van der Waals surface area contributed by atoms with Gasteiger partial charge in [0.1, 0.15) is 12.8 Å². The molecule has 0 saturated carbocycles. The predicted octanol–water partition coefficient (Wildman–Crippen LogP) is 2.66. The number of halogens is 1. The van der Waals surface area contributed by atoms with Gasteiger partial charge in [0.25, 0.3) is 0 Å². The van der Waals surface area contributed by atoms with Crippen molar-refractivity contribution in [3.05, 3.63) is 53.2 Å². The van der Waals surface area contributed by atoms with Gasteiger partial charge in [-0.25, -0.2) is 4.99 Å². The third-order valence-electron chi connectivity index (χ3n) is 4.80. The normalized spacial score (nSPS) is 15.5. The highest BCUT2D eigenvalue weighted by Crippen LogP contribution is 2.20. The molecule has 0 radical (unpaired) electrons. The lowest BCUT2D eigenvalue weighted by molar-refractivity contribution is 0.169. The Bertz CT molecular complexity index is 965. The van der Waals surface area contributed by atoms with Gasteiger partial charge in [0.05, 0.1) is 5.69 Å². The molecule has 3 aromatic rings. The fourth-order valence-corrected chi connectivity index (χ4v) is 3.49. The quantitative estimate of drug-likeness (QED) is 0.472. The smallest absolute Gasteiger partial charge is 0.248 e. The minimum atomic E-state index is 0.315. The molecule has 2 aromatic heterocycles. The molecule has 0 unspecified atom stereocenters. The second-order valence-electron chi connectivity index (χ2n) is 6.95. The summed E-state index contributed by atoms with van der Waals surface area (Å²) in [6.45, 7) is 7.56. The number of hydrogen-bond donors (Lipinski definition) is 1. The summed E-state index contributed by atoms with van der Waals surface area (Å²) in [5.41, 5.74) is 1.77. The van der Waals surface area contributed by atoms with Crippen LogP contribution in [0.2, 0.25) is 5.02 Å². The van der Waals surface area contributed by atoms with Gasteiger partial charge >= 0.3 is 0 Å². The Labute approximate surface area is 179 Å². The lowest BCUT2D eigenvalue weighted by Crippen LogP contribution is -2.52. The van der Waals surface area contributed by atoms with Crippen molar-refractivity contribution in [2.24, 2.45) is 4.99 Å². The van der Waals surface area contributed by atoms with Crippen molar-refractivity contribution in [2.75, 3.05) is 32.7 Å². The van der Waals surface area contributed by atoms with Crippen molar-refractivity contribution in [3.8, 4) is 11.4 Å². The maximum atomic E-state index is 6.04. The summed E-state index contributed by atoms with van der Waals surface area (Å²) in [5, 5.41) is 12.0. The standard InChI is InChI=1S/C20H24ClN7O2/c1-2-22-20(28-9-7-27(8-10-28)14-17-6-11-29-25-17)23-13-18-24-19(26-30-18)15-4-3-5-16(21)12-15/h3-6,11-12H,2,7-10,13-14H2,1H3,(H,22,23). The van der Waals surface area contributed by atoms with Crippen molar-refractivity contribution in [1.29, 1.82) is 0 Å². The van der Waals surface area contributed by atoms with Gasteiger partial charge < -0.3 is 19.3 Å². The molecule has 30 heavy (non-hydrogen) atoms.